The van der Waals surface area contributed by atoms with Crippen LogP contribution < -0.4 is 4.74 Å². The molecule has 2 aliphatic carbocycles. The molecule has 46 heavy (non-hydrogen) atoms. The van der Waals surface area contributed by atoms with Crippen LogP contribution in [0.4, 0.5) is 0 Å². The van der Waals surface area contributed by atoms with Crippen molar-refractivity contribution in [1.82, 2.24) is 4.98 Å². The molecule has 11 nitrogen and oxygen atoms in total. The van der Waals surface area contributed by atoms with Crippen LogP contribution in [-0.2, 0) is 0 Å². The number of fused-ring (bicyclic) bond motifs is 2. The molecule has 11 heteroatoms. The summed E-state index contributed by atoms with van der Waals surface area (Å²) in [6.45, 7) is 9.15. The molecule has 234 valence electrons. The number of aldehydes is 1. The molecule has 0 radical (unpaired) electrons. The van der Waals surface area contributed by atoms with E-state index in [1.54, 1.807) is 39.8 Å². The summed E-state index contributed by atoms with van der Waals surface area (Å²) in [5.74, 6) is -7.96. The first-order valence-corrected chi connectivity index (χ1v) is 14.4. The molecule has 3 aromatic rings. The standard InChI is InChI=1S/C35H29NO10/c1-13(2)21-25-17(11-20(32(21)42)46-35(45)19-9-7-8-10-36-19)30(40)23(15(5)28(25)38)24-16(6)29(39)27-22(14(3)4)34(44)31(41)18(12-37)26(27)33(24)43/h7-14,41-42,44H,1-6H3. The fraction of sp³-hybridized carbons (Fsp3) is 0.229. The molecular formula is C35H29NO10. The molecule has 2 aliphatic rings. The van der Waals surface area contributed by atoms with Crippen LogP contribution in [-0.4, -0.2) is 55.7 Å². The summed E-state index contributed by atoms with van der Waals surface area (Å²) in [6, 6.07) is 5.55. The number of aromatic hydroxyl groups is 3. The smallest absolute Gasteiger partial charge is 0.362 e. The van der Waals surface area contributed by atoms with E-state index in [0.29, 0.717) is 0 Å². The lowest BCUT2D eigenvalue weighted by molar-refractivity contribution is 0.0721. The minimum Gasteiger partial charge on any atom is -0.504 e. The van der Waals surface area contributed by atoms with Crippen LogP contribution in [0.15, 0.2) is 52.8 Å². The number of ketones is 4. The van der Waals surface area contributed by atoms with Crippen LogP contribution in [0, 0.1) is 0 Å². The van der Waals surface area contributed by atoms with Crippen LogP contribution in [0.5, 0.6) is 23.0 Å². The molecule has 0 fully saturated rings. The molecule has 0 saturated carbocycles. The molecule has 0 saturated heterocycles. The van der Waals surface area contributed by atoms with Crippen LogP contribution in [0.3, 0.4) is 0 Å². The number of carbonyl (C=O) groups excluding carboxylic acids is 6. The number of phenols is 3. The van der Waals surface area contributed by atoms with Crippen molar-refractivity contribution >= 4 is 35.4 Å². The molecule has 5 rings (SSSR count). The van der Waals surface area contributed by atoms with E-state index in [2.05, 4.69) is 4.98 Å². The van der Waals surface area contributed by atoms with E-state index in [-0.39, 0.29) is 50.9 Å². The molecule has 0 amide bonds. The van der Waals surface area contributed by atoms with Gasteiger partial charge < -0.3 is 20.1 Å². The Morgan fingerprint density at radius 2 is 1.33 bits per heavy atom. The van der Waals surface area contributed by atoms with E-state index in [9.17, 15) is 44.1 Å². The van der Waals surface area contributed by atoms with Gasteiger partial charge in [-0.2, -0.15) is 0 Å². The average molecular weight is 624 g/mol. The predicted octanol–water partition coefficient (Wildman–Crippen LogP) is 5.57. The Kier molecular flexibility index (Phi) is 7.81. The summed E-state index contributed by atoms with van der Waals surface area (Å²) >= 11 is 0. The quantitative estimate of drug-likeness (QED) is 0.135. The van der Waals surface area contributed by atoms with Crippen LogP contribution in [0.25, 0.3) is 0 Å². The fourth-order valence-corrected chi connectivity index (χ4v) is 6.08. The highest BCUT2D eigenvalue weighted by atomic mass is 16.5. The van der Waals surface area contributed by atoms with Gasteiger partial charge in [0, 0.05) is 61.9 Å². The van der Waals surface area contributed by atoms with E-state index in [1.165, 1.54) is 26.1 Å². The minimum atomic E-state index is -0.977. The molecule has 2 aromatic carbocycles. The summed E-state index contributed by atoms with van der Waals surface area (Å²) in [5, 5.41) is 32.5. The summed E-state index contributed by atoms with van der Waals surface area (Å²) in [6.07, 6.45) is 1.49. The first-order valence-electron chi connectivity index (χ1n) is 14.4. The Morgan fingerprint density at radius 1 is 0.761 bits per heavy atom. The van der Waals surface area contributed by atoms with Crippen molar-refractivity contribution in [2.75, 3.05) is 0 Å². The molecule has 0 aliphatic heterocycles. The van der Waals surface area contributed by atoms with Crippen molar-refractivity contribution in [1.29, 1.82) is 0 Å². The van der Waals surface area contributed by atoms with Crippen LogP contribution >= 0.6 is 0 Å². The lowest BCUT2D eigenvalue weighted by Gasteiger charge is -2.29. The van der Waals surface area contributed by atoms with Crippen molar-refractivity contribution in [2.45, 2.75) is 53.4 Å². The Morgan fingerprint density at radius 3 is 1.87 bits per heavy atom. The highest BCUT2D eigenvalue weighted by Gasteiger charge is 2.44. The first kappa shape index (κ1) is 31.7. The van der Waals surface area contributed by atoms with Crippen molar-refractivity contribution in [3.63, 3.8) is 0 Å². The Labute approximate surface area is 262 Å². The Hall–Kier alpha value is -5.71. The number of carbonyl (C=O) groups is 6. The number of pyridine rings is 1. The third-order valence-corrected chi connectivity index (χ3v) is 8.24. The molecule has 0 unspecified atom stereocenters. The zero-order valence-corrected chi connectivity index (χ0v) is 25.8. The normalized spacial score (nSPS) is 14.7. The SMILES string of the molecule is CC1=C(C2=C(C)C(=O)c3c(c(C=O)c(O)c(O)c3C(C)C)C2=O)C(=O)c2cc(OC(=O)c3ccccn3)c(O)c(C(C)C)c2C1=O. The second kappa shape index (κ2) is 11.3. The molecule has 1 aromatic heterocycles. The van der Waals surface area contributed by atoms with E-state index in [4.69, 9.17) is 4.74 Å². The number of phenolic OH excluding ortho intramolecular Hbond substituents is 3. The first-order chi connectivity index (χ1) is 21.6. The van der Waals surface area contributed by atoms with Gasteiger partial charge in [0.15, 0.2) is 52.4 Å². The van der Waals surface area contributed by atoms with Gasteiger partial charge in [0.1, 0.15) is 5.69 Å². The lowest BCUT2D eigenvalue weighted by Crippen LogP contribution is -2.31. The molecule has 0 spiro atoms. The number of esters is 1. The van der Waals surface area contributed by atoms with Crippen molar-refractivity contribution < 1.29 is 48.8 Å². The van der Waals surface area contributed by atoms with Gasteiger partial charge in [-0.1, -0.05) is 33.8 Å². The number of hydrogen-bond donors (Lipinski definition) is 3. The van der Waals surface area contributed by atoms with Crippen molar-refractivity contribution in [3.05, 3.63) is 97.4 Å². The number of nitrogens with zero attached hydrogens (tertiary/aromatic N) is 1. The lowest BCUT2D eigenvalue weighted by atomic mass is 9.71. The van der Waals surface area contributed by atoms with Gasteiger partial charge in [0.05, 0.1) is 5.56 Å². The monoisotopic (exact) mass is 623 g/mol. The number of ether oxygens (including phenoxy) is 1. The third kappa shape index (κ3) is 4.54. The Bertz CT molecular complexity index is 2010. The zero-order valence-electron chi connectivity index (χ0n) is 25.8. The topological polar surface area (TPSA) is 185 Å². The maximum Gasteiger partial charge on any atom is 0.362 e. The molecule has 1 heterocycles. The highest BCUT2D eigenvalue weighted by Crippen LogP contribution is 2.48. The second-order valence-corrected chi connectivity index (χ2v) is 11.7. The number of rotatable bonds is 6. The van der Waals surface area contributed by atoms with Gasteiger partial charge in [-0.3, -0.25) is 24.0 Å². The van der Waals surface area contributed by atoms with Gasteiger partial charge in [0.25, 0.3) is 0 Å². The number of hydrogen-bond acceptors (Lipinski definition) is 11. The van der Waals surface area contributed by atoms with E-state index in [0.717, 1.165) is 6.07 Å². The van der Waals surface area contributed by atoms with Crippen LogP contribution in [0.2, 0.25) is 0 Å². The van der Waals surface area contributed by atoms with E-state index in [1.807, 2.05) is 0 Å². The minimum absolute atomic E-state index is 0.0328. The van der Waals surface area contributed by atoms with Gasteiger partial charge >= 0.3 is 5.97 Å². The number of aromatic nitrogens is 1. The predicted molar refractivity (Wildman–Crippen MR) is 163 cm³/mol. The second-order valence-electron chi connectivity index (χ2n) is 11.7. The Balaban J connectivity index is 1.75. The summed E-state index contributed by atoms with van der Waals surface area (Å²) in [4.78, 5) is 85.3. The third-order valence-electron chi connectivity index (χ3n) is 8.24. The summed E-state index contributed by atoms with van der Waals surface area (Å²) in [7, 11) is 0. The van der Waals surface area contributed by atoms with E-state index >= 15 is 0 Å². The zero-order chi connectivity index (χ0) is 33.9. The number of benzene rings is 2. The van der Waals surface area contributed by atoms with Gasteiger partial charge in [-0.25, -0.2) is 9.78 Å². The molecule has 0 atom stereocenters. The summed E-state index contributed by atoms with van der Waals surface area (Å²) in [5.41, 5.74) is -3.23. The number of Topliss-reactive ketones (excluding diaryl/α,β-unsaturated/α-hetero) is 4. The molecular weight excluding hydrogens is 594 g/mol. The highest BCUT2D eigenvalue weighted by molar-refractivity contribution is 6.38. The van der Waals surface area contributed by atoms with Gasteiger partial charge in [-0.05, 0) is 43.9 Å². The number of allylic oxidation sites excluding steroid dienone is 4. The fourth-order valence-electron chi connectivity index (χ4n) is 6.08. The maximum atomic E-state index is 14.3. The van der Waals surface area contributed by atoms with Crippen molar-refractivity contribution in [2.24, 2.45) is 0 Å². The van der Waals surface area contributed by atoms with Gasteiger partial charge in [-0.15, -0.1) is 0 Å². The van der Waals surface area contributed by atoms with Crippen molar-refractivity contribution in [3.8, 4) is 23.0 Å². The summed E-state index contributed by atoms with van der Waals surface area (Å²) < 4.78 is 5.42. The molecule has 0 bridgehead atoms. The largest absolute Gasteiger partial charge is 0.504 e. The maximum absolute atomic E-state index is 14.3. The van der Waals surface area contributed by atoms with Gasteiger partial charge in [0.2, 0.25) is 0 Å². The van der Waals surface area contributed by atoms with E-state index < -0.39 is 86.2 Å². The average Bonchev–Trinajstić information content (AvgIpc) is 3.01. The molecule has 3 N–H and O–H groups in total. The van der Waals surface area contributed by atoms with Crippen LogP contribution in [0.1, 0.15) is 127 Å².